The number of benzene rings is 9. The van der Waals surface area contributed by atoms with E-state index >= 15 is 0 Å². The Morgan fingerprint density at radius 3 is 1.89 bits per heavy atom. The number of hydrogen-bond donors (Lipinski definition) is 0. The van der Waals surface area contributed by atoms with Gasteiger partial charge in [-0.05, 0) is 92.0 Å². The summed E-state index contributed by atoms with van der Waals surface area (Å²) < 4.78 is 2.39. The molecule has 53 heavy (non-hydrogen) atoms. The molecule has 0 atom stereocenters. The van der Waals surface area contributed by atoms with Crippen molar-refractivity contribution in [1.29, 1.82) is 0 Å². The first-order valence-electron chi connectivity index (χ1n) is 18.1. The molecule has 0 aliphatic heterocycles. The summed E-state index contributed by atoms with van der Waals surface area (Å²) in [6, 6.07) is 67.3. The van der Waals surface area contributed by atoms with Crippen molar-refractivity contribution in [3.63, 3.8) is 0 Å². The van der Waals surface area contributed by atoms with E-state index in [9.17, 15) is 0 Å². The first-order valence-corrected chi connectivity index (χ1v) is 18.1. The van der Waals surface area contributed by atoms with Crippen LogP contribution >= 0.6 is 0 Å². The first kappa shape index (κ1) is 29.6. The highest BCUT2D eigenvalue weighted by molar-refractivity contribution is 6.29. The van der Waals surface area contributed by atoms with E-state index in [1.54, 1.807) is 0 Å². The molecule has 11 aromatic rings. The molecule has 0 saturated heterocycles. The van der Waals surface area contributed by atoms with Gasteiger partial charge in [0.05, 0.1) is 22.2 Å². The lowest BCUT2D eigenvalue weighted by Gasteiger charge is -2.12. The van der Waals surface area contributed by atoms with Crippen molar-refractivity contribution < 1.29 is 0 Å². The topological polar surface area (TPSA) is 30.7 Å². The van der Waals surface area contributed by atoms with Gasteiger partial charge in [0, 0.05) is 33.0 Å². The van der Waals surface area contributed by atoms with Crippen LogP contribution in [0.2, 0.25) is 0 Å². The average molecular weight is 674 g/mol. The van der Waals surface area contributed by atoms with E-state index in [1.165, 1.54) is 59.7 Å². The monoisotopic (exact) mass is 673 g/mol. The number of para-hydroxylation sites is 2. The highest BCUT2D eigenvalue weighted by Gasteiger charge is 2.17. The normalized spacial score (nSPS) is 11.8. The minimum Gasteiger partial charge on any atom is -0.309 e. The van der Waals surface area contributed by atoms with E-state index in [0.29, 0.717) is 5.82 Å². The molecule has 0 bridgehead atoms. The van der Waals surface area contributed by atoms with Crippen molar-refractivity contribution >= 4 is 65.0 Å². The van der Waals surface area contributed by atoms with Crippen LogP contribution in [0, 0.1) is 0 Å². The second kappa shape index (κ2) is 11.7. The van der Waals surface area contributed by atoms with Gasteiger partial charge >= 0.3 is 0 Å². The summed E-state index contributed by atoms with van der Waals surface area (Å²) in [5, 5.41) is 11.2. The molecule has 0 radical (unpaired) electrons. The third-order valence-electron chi connectivity index (χ3n) is 10.8. The summed E-state index contributed by atoms with van der Waals surface area (Å²) in [5.74, 6) is 0.711. The summed E-state index contributed by atoms with van der Waals surface area (Å²) in [6.45, 7) is 0. The Labute approximate surface area is 306 Å². The largest absolute Gasteiger partial charge is 0.309 e. The number of aromatic nitrogens is 3. The lowest BCUT2D eigenvalue weighted by molar-refractivity contribution is 1.17. The Bertz CT molecular complexity index is 3210. The Hall–Kier alpha value is -7.10. The van der Waals surface area contributed by atoms with Crippen molar-refractivity contribution in [3.8, 4) is 39.5 Å². The summed E-state index contributed by atoms with van der Waals surface area (Å²) in [5.41, 5.74) is 9.73. The van der Waals surface area contributed by atoms with Crippen LogP contribution in [0.5, 0.6) is 0 Å². The summed E-state index contributed by atoms with van der Waals surface area (Å²) in [7, 11) is 0. The van der Waals surface area contributed by atoms with Crippen molar-refractivity contribution in [2.45, 2.75) is 0 Å². The molecule has 0 aliphatic rings. The predicted octanol–water partition coefficient (Wildman–Crippen LogP) is 13.2. The summed E-state index contributed by atoms with van der Waals surface area (Å²) in [6.07, 6.45) is 0. The van der Waals surface area contributed by atoms with Gasteiger partial charge in [-0.2, -0.15) is 0 Å². The van der Waals surface area contributed by atoms with Gasteiger partial charge in [0.25, 0.3) is 0 Å². The first-order chi connectivity index (χ1) is 26.3. The fourth-order valence-electron chi connectivity index (χ4n) is 8.32. The number of fused-ring (bicyclic) bond motifs is 10. The molecule has 0 N–H and O–H groups in total. The highest BCUT2D eigenvalue weighted by atomic mass is 15.0. The molecule has 0 fully saturated rings. The maximum absolute atomic E-state index is 5.23. The third kappa shape index (κ3) is 4.68. The Morgan fingerprint density at radius 1 is 0.340 bits per heavy atom. The molecule has 0 saturated carbocycles. The van der Waals surface area contributed by atoms with E-state index in [1.807, 2.05) is 6.07 Å². The molecular weight excluding hydrogens is 643 g/mol. The van der Waals surface area contributed by atoms with Gasteiger partial charge < -0.3 is 4.57 Å². The Balaban J connectivity index is 1.06. The third-order valence-corrected chi connectivity index (χ3v) is 10.8. The molecule has 3 nitrogen and oxygen atoms in total. The van der Waals surface area contributed by atoms with Gasteiger partial charge in [-0.1, -0.05) is 140 Å². The molecule has 11 rings (SSSR count). The standard InChI is InChI=1S/C50H31N3/c1-2-11-32(12-3-1)36-14-10-15-37(31-36)49-42-17-6-8-19-44(42)51-50(52-49)35-23-26-38(27-24-35)53-45-20-9-7-18-43(45)48-41-28-25-34-22-21-33-13-4-5-16-39(33)47(34)40(41)29-30-46(48)53/h1-31H. The fraction of sp³-hybridized carbons (Fsp3) is 0. The van der Waals surface area contributed by atoms with Gasteiger partial charge in [0.15, 0.2) is 5.82 Å². The predicted molar refractivity (Wildman–Crippen MR) is 223 cm³/mol. The molecule has 0 unspecified atom stereocenters. The molecule has 2 aromatic heterocycles. The van der Waals surface area contributed by atoms with E-state index in [-0.39, 0.29) is 0 Å². The van der Waals surface area contributed by atoms with Gasteiger partial charge in [-0.3, -0.25) is 0 Å². The molecule has 9 aromatic carbocycles. The van der Waals surface area contributed by atoms with Gasteiger partial charge in [0.2, 0.25) is 0 Å². The lowest BCUT2D eigenvalue weighted by Crippen LogP contribution is -1.97. The summed E-state index contributed by atoms with van der Waals surface area (Å²) >= 11 is 0. The Morgan fingerprint density at radius 2 is 1.00 bits per heavy atom. The smallest absolute Gasteiger partial charge is 0.160 e. The van der Waals surface area contributed by atoms with Gasteiger partial charge in [-0.15, -0.1) is 0 Å². The zero-order chi connectivity index (χ0) is 34.9. The Kier molecular flexibility index (Phi) is 6.55. The molecule has 0 aliphatic carbocycles. The van der Waals surface area contributed by atoms with Crippen LogP contribution in [-0.2, 0) is 0 Å². The van der Waals surface area contributed by atoms with Gasteiger partial charge in [0.1, 0.15) is 0 Å². The van der Waals surface area contributed by atoms with E-state index in [0.717, 1.165) is 39.0 Å². The van der Waals surface area contributed by atoms with Crippen molar-refractivity contribution in [2.24, 2.45) is 0 Å². The van der Waals surface area contributed by atoms with Crippen LogP contribution in [0.1, 0.15) is 0 Å². The maximum Gasteiger partial charge on any atom is 0.160 e. The van der Waals surface area contributed by atoms with E-state index in [4.69, 9.17) is 9.97 Å². The lowest BCUT2D eigenvalue weighted by atomic mass is 9.94. The SMILES string of the molecule is c1ccc(-c2cccc(-c3nc(-c4ccc(-n5c6ccccc6c6c7ccc8ccc9ccccc9c8c7ccc65)cc4)nc4ccccc34)c2)cc1. The minimum atomic E-state index is 0.711. The van der Waals surface area contributed by atoms with Crippen LogP contribution in [0.3, 0.4) is 0 Å². The second-order valence-electron chi connectivity index (χ2n) is 13.8. The molecule has 246 valence electrons. The van der Waals surface area contributed by atoms with Crippen LogP contribution in [-0.4, -0.2) is 14.5 Å². The summed E-state index contributed by atoms with van der Waals surface area (Å²) in [4.78, 5) is 10.3. The molecule has 0 spiro atoms. The number of nitrogens with zero attached hydrogens (tertiary/aromatic N) is 3. The van der Waals surface area contributed by atoms with E-state index in [2.05, 4.69) is 187 Å². The van der Waals surface area contributed by atoms with Crippen LogP contribution in [0.25, 0.3) is 104 Å². The van der Waals surface area contributed by atoms with Gasteiger partial charge in [-0.25, -0.2) is 9.97 Å². The van der Waals surface area contributed by atoms with Crippen molar-refractivity contribution in [1.82, 2.24) is 14.5 Å². The minimum absolute atomic E-state index is 0.711. The molecule has 3 heteroatoms. The fourth-order valence-corrected chi connectivity index (χ4v) is 8.32. The second-order valence-corrected chi connectivity index (χ2v) is 13.8. The number of hydrogen-bond acceptors (Lipinski definition) is 2. The van der Waals surface area contributed by atoms with Crippen molar-refractivity contribution in [3.05, 3.63) is 188 Å². The van der Waals surface area contributed by atoms with Crippen LogP contribution in [0.4, 0.5) is 0 Å². The van der Waals surface area contributed by atoms with Crippen LogP contribution in [0.15, 0.2) is 188 Å². The van der Waals surface area contributed by atoms with Crippen LogP contribution < -0.4 is 0 Å². The van der Waals surface area contributed by atoms with Crippen molar-refractivity contribution in [2.75, 3.05) is 0 Å². The average Bonchev–Trinajstić information content (AvgIpc) is 3.58. The number of rotatable bonds is 4. The maximum atomic E-state index is 5.23. The highest BCUT2D eigenvalue weighted by Crippen LogP contribution is 2.41. The molecular formula is C50H31N3. The van der Waals surface area contributed by atoms with E-state index < -0.39 is 0 Å². The quantitative estimate of drug-likeness (QED) is 0.174. The zero-order valence-electron chi connectivity index (χ0n) is 28.7. The zero-order valence-corrected chi connectivity index (χ0v) is 28.7. The molecule has 0 amide bonds. The molecule has 2 heterocycles.